The summed E-state index contributed by atoms with van der Waals surface area (Å²) in [5.41, 5.74) is 1.20. The molecule has 1 aliphatic carbocycles. The minimum atomic E-state index is 0.374. The number of hydrogen-bond donors (Lipinski definition) is 1. The van der Waals surface area contributed by atoms with Gasteiger partial charge in [0.1, 0.15) is 6.73 Å². The maximum atomic E-state index is 5.08. The Hall–Kier alpha value is -1.02. The zero-order valence-corrected chi connectivity index (χ0v) is 5.58. The van der Waals surface area contributed by atoms with Crippen LogP contribution in [0.3, 0.4) is 0 Å². The minimum absolute atomic E-state index is 0.374. The third kappa shape index (κ3) is 0.866. The number of hydrogen-bond acceptors (Lipinski definition) is 2. The van der Waals surface area contributed by atoms with Gasteiger partial charge in [-0.05, 0) is 0 Å². The Morgan fingerprint density at radius 2 is 2.50 bits per heavy atom. The molecule has 2 heteroatoms. The minimum Gasteiger partial charge on any atom is -0.486 e. The third-order valence-corrected chi connectivity index (χ3v) is 1.67. The van der Waals surface area contributed by atoms with Crippen LogP contribution in [0.15, 0.2) is 36.1 Å². The lowest BCUT2D eigenvalue weighted by Crippen LogP contribution is -2.34. The van der Waals surface area contributed by atoms with E-state index >= 15 is 0 Å². The van der Waals surface area contributed by atoms with E-state index in [4.69, 9.17) is 4.74 Å². The Balaban J connectivity index is 2.27. The van der Waals surface area contributed by atoms with Crippen LogP contribution in [0.5, 0.6) is 0 Å². The van der Waals surface area contributed by atoms with E-state index in [0.29, 0.717) is 12.8 Å². The summed E-state index contributed by atoms with van der Waals surface area (Å²) in [6.45, 7) is 0.617. The predicted octanol–water partition coefficient (Wildman–Crippen LogP) is 0.942. The Morgan fingerprint density at radius 3 is 3.40 bits per heavy atom. The molecule has 52 valence electrons. The zero-order chi connectivity index (χ0) is 6.81. The Labute approximate surface area is 59.9 Å². The molecule has 0 saturated heterocycles. The average Bonchev–Trinajstić information content (AvgIpc) is 2.05. The van der Waals surface area contributed by atoms with Gasteiger partial charge in [-0.3, -0.25) is 5.32 Å². The highest BCUT2D eigenvalue weighted by Gasteiger charge is 2.13. The number of ether oxygens (including phenoxy) is 1. The predicted molar refractivity (Wildman–Crippen MR) is 39.2 cm³/mol. The normalized spacial score (nSPS) is 28.8. The van der Waals surface area contributed by atoms with Crippen molar-refractivity contribution in [3.05, 3.63) is 36.1 Å². The summed E-state index contributed by atoms with van der Waals surface area (Å²) in [6, 6.07) is 0.374. The monoisotopic (exact) mass is 135 g/mol. The van der Waals surface area contributed by atoms with Gasteiger partial charge >= 0.3 is 0 Å². The Bertz CT molecular complexity index is 215. The maximum Gasteiger partial charge on any atom is 0.139 e. The van der Waals surface area contributed by atoms with Crippen molar-refractivity contribution in [3.63, 3.8) is 0 Å². The van der Waals surface area contributed by atoms with E-state index < -0.39 is 0 Å². The van der Waals surface area contributed by atoms with Crippen molar-refractivity contribution in [2.45, 2.75) is 6.04 Å². The zero-order valence-electron chi connectivity index (χ0n) is 5.58. The summed E-state index contributed by atoms with van der Waals surface area (Å²) in [5.74, 6) is 0. The molecule has 1 heterocycles. The van der Waals surface area contributed by atoms with Crippen LogP contribution in [-0.4, -0.2) is 12.8 Å². The van der Waals surface area contributed by atoms with E-state index in [2.05, 4.69) is 17.5 Å². The van der Waals surface area contributed by atoms with Gasteiger partial charge in [0.2, 0.25) is 0 Å². The molecule has 0 spiro atoms. The lowest BCUT2D eigenvalue weighted by atomic mass is 10.0. The molecule has 0 radical (unpaired) electrons. The summed E-state index contributed by atoms with van der Waals surface area (Å²) in [4.78, 5) is 0. The summed E-state index contributed by atoms with van der Waals surface area (Å²) in [6.07, 6.45) is 10.0. The average molecular weight is 135 g/mol. The number of fused-ring (bicyclic) bond motifs is 1. The fourth-order valence-electron chi connectivity index (χ4n) is 1.13. The molecule has 10 heavy (non-hydrogen) atoms. The highest BCUT2D eigenvalue weighted by molar-refractivity contribution is 5.35. The van der Waals surface area contributed by atoms with Gasteiger partial charge in [0, 0.05) is 5.57 Å². The Kier molecular flexibility index (Phi) is 1.32. The third-order valence-electron chi connectivity index (χ3n) is 1.67. The summed E-state index contributed by atoms with van der Waals surface area (Å²) < 4.78 is 5.08. The second kappa shape index (κ2) is 2.31. The second-order valence-corrected chi connectivity index (χ2v) is 2.35. The molecular formula is C8H9NO. The quantitative estimate of drug-likeness (QED) is 0.533. The van der Waals surface area contributed by atoms with E-state index in [-0.39, 0.29) is 0 Å². The molecule has 0 saturated carbocycles. The molecular weight excluding hydrogens is 126 g/mol. The van der Waals surface area contributed by atoms with Gasteiger partial charge in [-0.2, -0.15) is 0 Å². The summed E-state index contributed by atoms with van der Waals surface area (Å²) in [5, 5.41) is 3.19. The SMILES string of the molecule is C1=CC2=COCNC2C=C1. The van der Waals surface area contributed by atoms with E-state index in [1.165, 1.54) is 5.57 Å². The number of allylic oxidation sites excluding steroid dienone is 2. The second-order valence-electron chi connectivity index (χ2n) is 2.35. The highest BCUT2D eigenvalue weighted by Crippen LogP contribution is 2.13. The van der Waals surface area contributed by atoms with Crippen LogP contribution in [-0.2, 0) is 4.74 Å². The molecule has 0 bridgehead atoms. The van der Waals surface area contributed by atoms with Crippen molar-refractivity contribution in [2.24, 2.45) is 0 Å². The first-order chi connectivity index (χ1) is 4.97. The first-order valence-electron chi connectivity index (χ1n) is 3.37. The van der Waals surface area contributed by atoms with Gasteiger partial charge < -0.3 is 4.74 Å². The van der Waals surface area contributed by atoms with Crippen LogP contribution in [0.1, 0.15) is 0 Å². The standard InChI is InChI=1S/C8H9NO/c1-2-4-8-7(3-1)5-10-6-9-8/h1-5,8-9H,6H2. The van der Waals surface area contributed by atoms with Crippen LogP contribution in [0, 0.1) is 0 Å². The van der Waals surface area contributed by atoms with Gasteiger partial charge in [-0.15, -0.1) is 0 Å². The van der Waals surface area contributed by atoms with Crippen LogP contribution >= 0.6 is 0 Å². The van der Waals surface area contributed by atoms with E-state index in [9.17, 15) is 0 Å². The van der Waals surface area contributed by atoms with Gasteiger partial charge in [-0.1, -0.05) is 24.3 Å². The lowest BCUT2D eigenvalue weighted by molar-refractivity contribution is 0.197. The lowest BCUT2D eigenvalue weighted by Gasteiger charge is -2.22. The summed E-state index contributed by atoms with van der Waals surface area (Å²) >= 11 is 0. The van der Waals surface area contributed by atoms with Crippen LogP contribution in [0.25, 0.3) is 0 Å². The molecule has 1 unspecified atom stereocenters. The number of rotatable bonds is 0. The molecule has 2 nitrogen and oxygen atoms in total. The first kappa shape index (κ1) is 5.74. The molecule has 2 rings (SSSR count). The smallest absolute Gasteiger partial charge is 0.139 e. The van der Waals surface area contributed by atoms with Gasteiger partial charge in [0.05, 0.1) is 12.3 Å². The molecule has 0 aromatic heterocycles. The molecule has 0 aromatic rings. The van der Waals surface area contributed by atoms with Crippen LogP contribution in [0.4, 0.5) is 0 Å². The van der Waals surface area contributed by atoms with Gasteiger partial charge in [0.15, 0.2) is 0 Å². The van der Waals surface area contributed by atoms with Gasteiger partial charge in [0.25, 0.3) is 0 Å². The van der Waals surface area contributed by atoms with E-state index in [1.807, 2.05) is 12.2 Å². The number of nitrogens with one attached hydrogen (secondary N) is 1. The highest BCUT2D eigenvalue weighted by atomic mass is 16.5. The fourth-order valence-corrected chi connectivity index (χ4v) is 1.13. The fraction of sp³-hybridized carbons (Fsp3) is 0.250. The molecule has 2 aliphatic rings. The van der Waals surface area contributed by atoms with Crippen molar-refractivity contribution in [1.29, 1.82) is 0 Å². The molecule has 1 atom stereocenters. The first-order valence-corrected chi connectivity index (χ1v) is 3.37. The van der Waals surface area contributed by atoms with Crippen molar-refractivity contribution in [1.82, 2.24) is 5.32 Å². The largest absolute Gasteiger partial charge is 0.486 e. The topological polar surface area (TPSA) is 21.3 Å². The Morgan fingerprint density at radius 1 is 1.50 bits per heavy atom. The van der Waals surface area contributed by atoms with E-state index in [1.54, 1.807) is 6.26 Å². The molecule has 1 aliphatic heterocycles. The maximum absolute atomic E-state index is 5.08. The molecule has 0 aromatic carbocycles. The van der Waals surface area contributed by atoms with Crippen molar-refractivity contribution in [2.75, 3.05) is 6.73 Å². The molecule has 1 N–H and O–H groups in total. The van der Waals surface area contributed by atoms with Crippen LogP contribution < -0.4 is 5.32 Å². The van der Waals surface area contributed by atoms with E-state index in [0.717, 1.165) is 0 Å². The van der Waals surface area contributed by atoms with Gasteiger partial charge in [-0.25, -0.2) is 0 Å². The molecule has 0 amide bonds. The van der Waals surface area contributed by atoms with Crippen molar-refractivity contribution < 1.29 is 4.74 Å². The summed E-state index contributed by atoms with van der Waals surface area (Å²) in [7, 11) is 0. The molecule has 0 fully saturated rings. The van der Waals surface area contributed by atoms with Crippen molar-refractivity contribution >= 4 is 0 Å². The van der Waals surface area contributed by atoms with Crippen molar-refractivity contribution in [3.8, 4) is 0 Å². The van der Waals surface area contributed by atoms with Crippen LogP contribution in [0.2, 0.25) is 0 Å².